The van der Waals surface area contributed by atoms with Crippen molar-refractivity contribution in [2.45, 2.75) is 25.0 Å². The van der Waals surface area contributed by atoms with Crippen molar-refractivity contribution in [3.8, 4) is 0 Å². The van der Waals surface area contributed by atoms with Crippen LogP contribution in [0.15, 0.2) is 24.4 Å². The number of hydrogen-bond acceptors (Lipinski definition) is 2. The molecular formula is C14H15ClN2O2. The average Bonchev–Trinajstić information content (AvgIpc) is 2.79. The molecule has 2 unspecified atom stereocenters. The Hall–Kier alpha value is -1.52. The number of H-pyrrole nitrogens is 1. The predicted octanol–water partition coefficient (Wildman–Crippen LogP) is 1.87. The maximum atomic E-state index is 11.4. The second kappa shape index (κ2) is 4.87. The highest BCUT2D eigenvalue weighted by molar-refractivity contribution is 6.27. The van der Waals surface area contributed by atoms with E-state index in [0.29, 0.717) is 6.42 Å². The summed E-state index contributed by atoms with van der Waals surface area (Å²) in [5, 5.41) is 14.4. The lowest BCUT2D eigenvalue weighted by Gasteiger charge is -2.22. The highest BCUT2D eigenvalue weighted by Gasteiger charge is 2.28. The predicted molar refractivity (Wildman–Crippen MR) is 74.2 cm³/mol. The minimum absolute atomic E-state index is 0.0830. The molecule has 0 spiro atoms. The van der Waals surface area contributed by atoms with Gasteiger partial charge in [-0.1, -0.05) is 12.1 Å². The molecule has 1 aromatic heterocycles. The van der Waals surface area contributed by atoms with Crippen LogP contribution in [0.5, 0.6) is 0 Å². The molecular weight excluding hydrogens is 264 g/mol. The zero-order valence-electron chi connectivity index (χ0n) is 10.3. The number of benzene rings is 1. The van der Waals surface area contributed by atoms with Crippen molar-refractivity contribution < 1.29 is 9.90 Å². The minimum atomic E-state index is -0.701. The van der Waals surface area contributed by atoms with Gasteiger partial charge in [0.15, 0.2) is 0 Å². The van der Waals surface area contributed by atoms with Crippen LogP contribution in [-0.4, -0.2) is 27.9 Å². The SMILES string of the molecule is O=C(CCl)NC1CCc2c[nH]c3cccc(c23)C1O. The van der Waals surface area contributed by atoms with Gasteiger partial charge in [-0.05, 0) is 30.0 Å². The number of rotatable bonds is 2. The van der Waals surface area contributed by atoms with Crippen LogP contribution in [0.1, 0.15) is 23.7 Å². The van der Waals surface area contributed by atoms with E-state index in [4.69, 9.17) is 11.6 Å². The first-order valence-electron chi connectivity index (χ1n) is 6.33. The zero-order valence-corrected chi connectivity index (χ0v) is 11.1. The van der Waals surface area contributed by atoms with E-state index in [1.807, 2.05) is 24.4 Å². The quantitative estimate of drug-likeness (QED) is 0.734. The first-order chi connectivity index (χ1) is 9.20. The molecule has 1 aliphatic rings. The Balaban J connectivity index is 2.01. The minimum Gasteiger partial charge on any atom is -0.386 e. The zero-order chi connectivity index (χ0) is 13.4. The van der Waals surface area contributed by atoms with Crippen LogP contribution in [-0.2, 0) is 11.2 Å². The summed E-state index contributed by atoms with van der Waals surface area (Å²) >= 11 is 5.51. The van der Waals surface area contributed by atoms with Gasteiger partial charge in [-0.25, -0.2) is 0 Å². The molecule has 3 rings (SSSR count). The van der Waals surface area contributed by atoms with Crippen molar-refractivity contribution in [3.63, 3.8) is 0 Å². The van der Waals surface area contributed by atoms with E-state index in [1.54, 1.807) is 0 Å². The van der Waals surface area contributed by atoms with Crippen molar-refractivity contribution in [2.24, 2.45) is 0 Å². The summed E-state index contributed by atoms with van der Waals surface area (Å²) in [7, 11) is 0. The van der Waals surface area contributed by atoms with Gasteiger partial charge >= 0.3 is 0 Å². The fourth-order valence-corrected chi connectivity index (χ4v) is 2.89. The Bertz CT molecular complexity index is 623. The number of hydrogen-bond donors (Lipinski definition) is 3. The molecule has 0 aliphatic heterocycles. The van der Waals surface area contributed by atoms with Crippen LogP contribution in [0.4, 0.5) is 0 Å². The maximum absolute atomic E-state index is 11.4. The molecule has 0 radical (unpaired) electrons. The van der Waals surface area contributed by atoms with E-state index in [2.05, 4.69) is 10.3 Å². The third-order valence-corrected chi connectivity index (χ3v) is 3.95. The van der Waals surface area contributed by atoms with Gasteiger partial charge in [0.05, 0.1) is 12.1 Å². The number of aromatic nitrogens is 1. The number of halogens is 1. The van der Waals surface area contributed by atoms with Gasteiger partial charge in [0.2, 0.25) is 5.91 Å². The second-order valence-corrected chi connectivity index (χ2v) is 5.14. The maximum Gasteiger partial charge on any atom is 0.235 e. The lowest BCUT2D eigenvalue weighted by molar-refractivity contribution is -0.120. The molecule has 0 saturated heterocycles. The number of alkyl halides is 1. The summed E-state index contributed by atoms with van der Waals surface area (Å²) in [4.78, 5) is 14.6. The first-order valence-corrected chi connectivity index (χ1v) is 6.86. The second-order valence-electron chi connectivity index (χ2n) is 4.87. The Morgan fingerprint density at radius 3 is 3.16 bits per heavy atom. The number of aryl methyl sites for hydroxylation is 1. The lowest BCUT2D eigenvalue weighted by Crippen LogP contribution is -2.39. The molecule has 5 heteroatoms. The number of aliphatic hydroxyl groups excluding tert-OH is 1. The summed E-state index contributed by atoms with van der Waals surface area (Å²) in [5.41, 5.74) is 3.08. The molecule has 0 bridgehead atoms. The summed E-state index contributed by atoms with van der Waals surface area (Å²) in [5.74, 6) is -0.327. The van der Waals surface area contributed by atoms with E-state index in [9.17, 15) is 9.90 Å². The first kappa shape index (κ1) is 12.5. The van der Waals surface area contributed by atoms with Crippen LogP contribution >= 0.6 is 11.6 Å². The van der Waals surface area contributed by atoms with E-state index in [1.165, 1.54) is 5.56 Å². The molecule has 1 amide bonds. The fraction of sp³-hybridized carbons (Fsp3) is 0.357. The highest BCUT2D eigenvalue weighted by atomic mass is 35.5. The fourth-order valence-electron chi connectivity index (χ4n) is 2.81. The average molecular weight is 279 g/mol. The van der Waals surface area contributed by atoms with E-state index in [-0.39, 0.29) is 17.8 Å². The Kier molecular flexibility index (Phi) is 3.21. The Morgan fingerprint density at radius 1 is 1.53 bits per heavy atom. The number of aliphatic hydroxyl groups is 1. The third kappa shape index (κ3) is 2.11. The molecule has 1 heterocycles. The topological polar surface area (TPSA) is 65.1 Å². The summed E-state index contributed by atoms with van der Waals surface area (Å²) in [6, 6.07) is 5.53. The van der Waals surface area contributed by atoms with Gasteiger partial charge in [0.1, 0.15) is 5.88 Å². The number of nitrogens with one attached hydrogen (secondary N) is 2. The number of aromatic amines is 1. The summed E-state index contributed by atoms with van der Waals surface area (Å²) < 4.78 is 0. The van der Waals surface area contributed by atoms with Crippen molar-refractivity contribution in [1.29, 1.82) is 0 Å². The van der Waals surface area contributed by atoms with Crippen LogP contribution < -0.4 is 5.32 Å². The van der Waals surface area contributed by atoms with Crippen molar-refractivity contribution in [2.75, 3.05) is 5.88 Å². The number of carbonyl (C=O) groups is 1. The van der Waals surface area contributed by atoms with Crippen LogP contribution in [0.25, 0.3) is 10.9 Å². The molecule has 2 aromatic rings. The molecule has 19 heavy (non-hydrogen) atoms. The van der Waals surface area contributed by atoms with E-state index >= 15 is 0 Å². The molecule has 1 aromatic carbocycles. The highest BCUT2D eigenvalue weighted by Crippen LogP contribution is 2.34. The van der Waals surface area contributed by atoms with Gasteiger partial charge in [0, 0.05) is 17.1 Å². The Labute approximate surface area is 115 Å². The molecule has 3 N–H and O–H groups in total. The molecule has 0 saturated carbocycles. The van der Waals surface area contributed by atoms with E-state index in [0.717, 1.165) is 22.9 Å². The van der Waals surface area contributed by atoms with E-state index < -0.39 is 6.10 Å². The van der Waals surface area contributed by atoms with Gasteiger partial charge in [-0.15, -0.1) is 11.6 Å². The molecule has 1 aliphatic carbocycles. The monoisotopic (exact) mass is 278 g/mol. The number of amides is 1. The number of carbonyl (C=O) groups excluding carboxylic acids is 1. The van der Waals surface area contributed by atoms with Crippen LogP contribution in [0, 0.1) is 0 Å². The molecule has 100 valence electrons. The van der Waals surface area contributed by atoms with Crippen LogP contribution in [0.3, 0.4) is 0 Å². The van der Waals surface area contributed by atoms with Crippen LogP contribution in [0.2, 0.25) is 0 Å². The lowest BCUT2D eigenvalue weighted by atomic mass is 9.99. The van der Waals surface area contributed by atoms with Crippen molar-refractivity contribution in [1.82, 2.24) is 10.3 Å². The van der Waals surface area contributed by atoms with Crippen molar-refractivity contribution >= 4 is 28.4 Å². The summed E-state index contributed by atoms with van der Waals surface area (Å²) in [6.07, 6.45) is 2.80. The molecule has 2 atom stereocenters. The summed E-state index contributed by atoms with van der Waals surface area (Å²) in [6.45, 7) is 0. The standard InChI is InChI=1S/C14H15ClN2O2/c15-6-12(18)17-11-5-4-8-7-16-10-3-1-2-9(13(8)10)14(11)19/h1-3,7,11,14,16,19H,4-6H2,(H,17,18). The molecule has 0 fully saturated rings. The van der Waals surface area contributed by atoms with Gasteiger partial charge in [0.25, 0.3) is 0 Å². The van der Waals surface area contributed by atoms with Gasteiger partial charge in [-0.3, -0.25) is 4.79 Å². The van der Waals surface area contributed by atoms with Crippen molar-refractivity contribution in [3.05, 3.63) is 35.5 Å². The Morgan fingerprint density at radius 2 is 2.37 bits per heavy atom. The van der Waals surface area contributed by atoms with Gasteiger partial charge < -0.3 is 15.4 Å². The largest absolute Gasteiger partial charge is 0.386 e. The third-order valence-electron chi connectivity index (χ3n) is 3.71. The molecule has 4 nitrogen and oxygen atoms in total. The normalized spacial score (nSPS) is 22.2. The van der Waals surface area contributed by atoms with Gasteiger partial charge in [-0.2, -0.15) is 0 Å². The smallest absolute Gasteiger partial charge is 0.235 e.